The van der Waals surface area contributed by atoms with Gasteiger partial charge in [-0.25, -0.2) is 12.8 Å². The highest BCUT2D eigenvalue weighted by Gasteiger charge is 2.24. The molecule has 0 spiro atoms. The Morgan fingerprint density at radius 2 is 1.91 bits per heavy atom. The van der Waals surface area contributed by atoms with Crippen LogP contribution in [0.3, 0.4) is 0 Å². The van der Waals surface area contributed by atoms with E-state index in [1.807, 2.05) is 6.92 Å². The monoisotopic (exact) mass is 353 g/mol. The van der Waals surface area contributed by atoms with Gasteiger partial charge in [0, 0.05) is 13.1 Å². The lowest BCUT2D eigenvalue weighted by molar-refractivity contribution is -0.122. The lowest BCUT2D eigenvalue weighted by Gasteiger charge is -2.14. The van der Waals surface area contributed by atoms with E-state index in [1.54, 1.807) is 0 Å². The molecule has 1 aromatic carbocycles. The van der Waals surface area contributed by atoms with E-state index in [4.69, 9.17) is 0 Å². The minimum Gasteiger partial charge on any atom is -0.353 e. The summed E-state index contributed by atoms with van der Waals surface area (Å²) in [4.78, 5) is 11.3. The van der Waals surface area contributed by atoms with Gasteiger partial charge in [0.2, 0.25) is 15.9 Å². The van der Waals surface area contributed by atoms with Crippen molar-refractivity contribution in [3.63, 3.8) is 0 Å². The fraction of sp³-hybridized carbons (Fsp3) is 0.462. The third kappa shape index (κ3) is 6.27. The van der Waals surface area contributed by atoms with Crippen molar-refractivity contribution in [3.8, 4) is 0 Å². The molecule has 126 valence electrons. The van der Waals surface area contributed by atoms with Gasteiger partial charge in [0.25, 0.3) is 0 Å². The van der Waals surface area contributed by atoms with E-state index in [1.165, 1.54) is 19.1 Å². The molecule has 9 heteroatoms. The molecular weight excluding hydrogens is 333 g/mol. The fourth-order valence-electron chi connectivity index (χ4n) is 1.62. The highest BCUT2D eigenvalue weighted by molar-refractivity contribution is 7.89. The van der Waals surface area contributed by atoms with Crippen LogP contribution in [0.2, 0.25) is 0 Å². The number of halogens is 2. The number of amides is 1. The summed E-state index contributed by atoms with van der Waals surface area (Å²) in [5, 5.41) is 5.60. The maximum absolute atomic E-state index is 13.5. The van der Waals surface area contributed by atoms with Crippen molar-refractivity contribution in [2.45, 2.75) is 24.8 Å². The number of likely N-dealkylation sites (N-methyl/N-ethyl adjacent to an activating group) is 1. The van der Waals surface area contributed by atoms with Crippen molar-refractivity contribution >= 4 is 28.3 Å². The summed E-state index contributed by atoms with van der Waals surface area (Å²) in [6, 6.07) is 4.02. The van der Waals surface area contributed by atoms with Gasteiger partial charge < -0.3 is 10.6 Å². The van der Waals surface area contributed by atoms with E-state index in [0.29, 0.717) is 13.1 Å². The van der Waals surface area contributed by atoms with Gasteiger partial charge in [-0.05, 0) is 25.6 Å². The van der Waals surface area contributed by atoms with Crippen molar-refractivity contribution in [1.29, 1.82) is 0 Å². The Morgan fingerprint density at radius 1 is 1.27 bits per heavy atom. The number of hydrogen-bond donors (Lipinski definition) is 3. The molecule has 1 atom stereocenters. The van der Waals surface area contributed by atoms with Crippen molar-refractivity contribution in [2.24, 2.45) is 0 Å². The SMILES string of the molecule is CCNCCNC(=O)C(C)NS(=O)(=O)c1ccccc1F.Cl. The first-order valence-electron chi connectivity index (χ1n) is 6.63. The highest BCUT2D eigenvalue weighted by atomic mass is 35.5. The predicted molar refractivity (Wildman–Crippen MR) is 85.0 cm³/mol. The topological polar surface area (TPSA) is 87.3 Å². The summed E-state index contributed by atoms with van der Waals surface area (Å²) in [5.41, 5.74) is 0. The van der Waals surface area contributed by atoms with Gasteiger partial charge in [-0.2, -0.15) is 4.72 Å². The number of hydrogen-bond acceptors (Lipinski definition) is 4. The van der Waals surface area contributed by atoms with Crippen LogP contribution in [0.1, 0.15) is 13.8 Å². The molecule has 0 fully saturated rings. The smallest absolute Gasteiger partial charge is 0.244 e. The van der Waals surface area contributed by atoms with Gasteiger partial charge in [0.05, 0.1) is 6.04 Å². The highest BCUT2D eigenvalue weighted by Crippen LogP contribution is 2.13. The van der Waals surface area contributed by atoms with E-state index in [2.05, 4.69) is 15.4 Å². The molecule has 0 heterocycles. The standard InChI is InChI=1S/C13H20FN3O3S.ClH/c1-3-15-8-9-16-13(18)10(2)17-21(19,20)12-7-5-4-6-11(12)14;/h4-7,10,15,17H,3,8-9H2,1-2H3,(H,16,18);1H. The molecule has 0 aliphatic rings. The number of carbonyl (C=O) groups excluding carboxylic acids is 1. The second-order valence-corrected chi connectivity index (χ2v) is 6.10. The van der Waals surface area contributed by atoms with Crippen molar-refractivity contribution in [1.82, 2.24) is 15.4 Å². The summed E-state index contributed by atoms with van der Waals surface area (Å²) in [6.45, 7) is 5.10. The van der Waals surface area contributed by atoms with Gasteiger partial charge in [-0.3, -0.25) is 4.79 Å². The molecule has 1 rings (SSSR count). The second-order valence-electron chi connectivity index (χ2n) is 4.42. The fourth-order valence-corrected chi connectivity index (χ4v) is 2.90. The van der Waals surface area contributed by atoms with Crippen LogP contribution in [0.4, 0.5) is 4.39 Å². The number of nitrogens with one attached hydrogen (secondary N) is 3. The maximum Gasteiger partial charge on any atom is 0.244 e. The van der Waals surface area contributed by atoms with Gasteiger partial charge in [-0.15, -0.1) is 12.4 Å². The van der Waals surface area contributed by atoms with Gasteiger partial charge in [0.15, 0.2) is 0 Å². The molecule has 22 heavy (non-hydrogen) atoms. The van der Waals surface area contributed by atoms with E-state index in [0.717, 1.165) is 18.7 Å². The molecule has 0 saturated carbocycles. The van der Waals surface area contributed by atoms with E-state index >= 15 is 0 Å². The number of carbonyl (C=O) groups is 1. The Morgan fingerprint density at radius 3 is 2.50 bits per heavy atom. The molecule has 1 unspecified atom stereocenters. The molecule has 0 saturated heterocycles. The molecule has 0 aliphatic heterocycles. The minimum atomic E-state index is -4.07. The number of benzene rings is 1. The summed E-state index contributed by atoms with van der Waals surface area (Å²) in [6.07, 6.45) is 0. The third-order valence-corrected chi connectivity index (χ3v) is 4.28. The summed E-state index contributed by atoms with van der Waals surface area (Å²) in [5.74, 6) is -1.32. The van der Waals surface area contributed by atoms with Gasteiger partial charge in [-0.1, -0.05) is 19.1 Å². The van der Waals surface area contributed by atoms with Crippen LogP contribution in [0.25, 0.3) is 0 Å². The Kier molecular flexibility index (Phi) is 9.19. The molecular formula is C13H21ClFN3O3S. The van der Waals surface area contributed by atoms with Crippen LogP contribution in [-0.2, 0) is 14.8 Å². The Hall–Kier alpha value is -1.22. The zero-order valence-electron chi connectivity index (χ0n) is 12.4. The lowest BCUT2D eigenvalue weighted by atomic mass is 10.3. The second kappa shape index (κ2) is 9.73. The quantitative estimate of drug-likeness (QED) is 0.598. The largest absolute Gasteiger partial charge is 0.353 e. The first-order chi connectivity index (χ1) is 9.88. The molecule has 6 nitrogen and oxygen atoms in total. The first kappa shape index (κ1) is 20.8. The summed E-state index contributed by atoms with van der Waals surface area (Å²) in [7, 11) is -4.07. The predicted octanol–water partition coefficient (Wildman–Crippen LogP) is 0.640. The number of rotatable bonds is 8. The lowest BCUT2D eigenvalue weighted by Crippen LogP contribution is -2.46. The molecule has 0 radical (unpaired) electrons. The summed E-state index contributed by atoms with van der Waals surface area (Å²) < 4.78 is 39.7. The van der Waals surface area contributed by atoms with Crippen LogP contribution in [0.15, 0.2) is 29.2 Å². The van der Waals surface area contributed by atoms with Crippen LogP contribution in [0.5, 0.6) is 0 Å². The maximum atomic E-state index is 13.5. The van der Waals surface area contributed by atoms with E-state index < -0.39 is 32.7 Å². The van der Waals surface area contributed by atoms with Crippen molar-refractivity contribution in [3.05, 3.63) is 30.1 Å². The van der Waals surface area contributed by atoms with E-state index in [-0.39, 0.29) is 12.4 Å². The van der Waals surface area contributed by atoms with Crippen LogP contribution < -0.4 is 15.4 Å². The average Bonchev–Trinajstić information content (AvgIpc) is 2.43. The Labute approximate surface area is 136 Å². The first-order valence-corrected chi connectivity index (χ1v) is 8.12. The zero-order chi connectivity index (χ0) is 15.9. The summed E-state index contributed by atoms with van der Waals surface area (Å²) >= 11 is 0. The van der Waals surface area contributed by atoms with Gasteiger partial charge >= 0.3 is 0 Å². The molecule has 0 aromatic heterocycles. The minimum absolute atomic E-state index is 0. The van der Waals surface area contributed by atoms with Crippen LogP contribution >= 0.6 is 12.4 Å². The Balaban J connectivity index is 0.00000441. The molecule has 0 bridgehead atoms. The molecule has 0 aliphatic carbocycles. The Bertz CT molecular complexity index is 584. The van der Waals surface area contributed by atoms with E-state index in [9.17, 15) is 17.6 Å². The molecule has 1 amide bonds. The van der Waals surface area contributed by atoms with Gasteiger partial charge in [0.1, 0.15) is 10.7 Å². The normalized spacial score (nSPS) is 12.3. The third-order valence-electron chi connectivity index (χ3n) is 2.70. The van der Waals surface area contributed by atoms with Crippen molar-refractivity contribution < 1.29 is 17.6 Å². The van der Waals surface area contributed by atoms with Crippen LogP contribution in [-0.4, -0.2) is 40.0 Å². The number of sulfonamides is 1. The average molecular weight is 354 g/mol. The van der Waals surface area contributed by atoms with Crippen LogP contribution in [0, 0.1) is 5.82 Å². The van der Waals surface area contributed by atoms with Crippen molar-refractivity contribution in [2.75, 3.05) is 19.6 Å². The molecule has 3 N–H and O–H groups in total. The zero-order valence-corrected chi connectivity index (χ0v) is 14.1. The molecule has 1 aromatic rings.